The summed E-state index contributed by atoms with van der Waals surface area (Å²) in [5, 5.41) is 8.07. The lowest BCUT2D eigenvalue weighted by Gasteiger charge is -2.08. The van der Waals surface area contributed by atoms with Gasteiger partial charge in [0.25, 0.3) is 5.91 Å². The van der Waals surface area contributed by atoms with E-state index in [0.717, 1.165) is 10.9 Å². The summed E-state index contributed by atoms with van der Waals surface area (Å²) < 4.78 is 1.91. The number of rotatable bonds is 3. The van der Waals surface area contributed by atoms with Crippen LogP contribution in [0, 0.1) is 0 Å². The summed E-state index contributed by atoms with van der Waals surface area (Å²) in [5.74, 6) is -0.156. The van der Waals surface area contributed by atoms with Crippen LogP contribution in [0.3, 0.4) is 0 Å². The van der Waals surface area contributed by atoms with Gasteiger partial charge >= 0.3 is 0 Å². The van der Waals surface area contributed by atoms with Crippen LogP contribution in [0.5, 0.6) is 0 Å². The van der Waals surface area contributed by atoms with E-state index in [2.05, 4.69) is 29.2 Å². The highest BCUT2D eigenvalue weighted by Gasteiger charge is 2.14. The molecule has 5 heteroatoms. The monoisotopic (exact) mass is 280 g/mol. The minimum Gasteiger partial charge on any atom is -0.321 e. The number of nitrogens with one attached hydrogen (secondary N) is 1. The van der Waals surface area contributed by atoms with E-state index < -0.39 is 0 Å². The van der Waals surface area contributed by atoms with Gasteiger partial charge in [-0.15, -0.1) is 0 Å². The highest BCUT2D eigenvalue weighted by Crippen LogP contribution is 2.22. The van der Waals surface area contributed by atoms with Crippen molar-refractivity contribution in [2.45, 2.75) is 19.9 Å². The molecule has 2 aromatic heterocycles. The molecule has 0 aliphatic heterocycles. The lowest BCUT2D eigenvalue weighted by molar-refractivity contribution is 0.102. The summed E-state index contributed by atoms with van der Waals surface area (Å²) in [7, 11) is 0. The molecule has 0 saturated heterocycles. The van der Waals surface area contributed by atoms with Crippen molar-refractivity contribution in [3.05, 3.63) is 54.5 Å². The van der Waals surface area contributed by atoms with Crippen molar-refractivity contribution in [1.29, 1.82) is 0 Å². The van der Waals surface area contributed by atoms with E-state index in [1.807, 2.05) is 22.9 Å². The van der Waals surface area contributed by atoms with Crippen molar-refractivity contribution < 1.29 is 4.79 Å². The predicted molar refractivity (Wildman–Crippen MR) is 82.3 cm³/mol. The minimum atomic E-state index is -0.156. The molecule has 1 amide bonds. The van der Waals surface area contributed by atoms with Gasteiger partial charge in [0, 0.05) is 17.6 Å². The lowest BCUT2D eigenvalue weighted by atomic mass is 10.1. The molecule has 106 valence electrons. The zero-order valence-electron chi connectivity index (χ0n) is 11.9. The number of carbonyl (C=O) groups excluding carboxylic acids is 1. The van der Waals surface area contributed by atoms with Crippen LogP contribution in [-0.4, -0.2) is 20.7 Å². The summed E-state index contributed by atoms with van der Waals surface area (Å²) in [6.07, 6.45) is 5.03. The van der Waals surface area contributed by atoms with Crippen LogP contribution in [0.25, 0.3) is 10.9 Å². The Hall–Kier alpha value is -2.69. The van der Waals surface area contributed by atoms with Gasteiger partial charge in [0.05, 0.1) is 29.2 Å². The lowest BCUT2D eigenvalue weighted by Crippen LogP contribution is -2.12. The fraction of sp³-hybridized carbons (Fsp3) is 0.188. The van der Waals surface area contributed by atoms with E-state index in [9.17, 15) is 4.79 Å². The highest BCUT2D eigenvalue weighted by atomic mass is 16.1. The van der Waals surface area contributed by atoms with E-state index >= 15 is 0 Å². The Morgan fingerprint density at radius 3 is 2.76 bits per heavy atom. The average Bonchev–Trinajstić information content (AvgIpc) is 2.92. The Balaban J connectivity index is 1.99. The van der Waals surface area contributed by atoms with Gasteiger partial charge < -0.3 is 5.32 Å². The predicted octanol–water partition coefficient (Wildman–Crippen LogP) is 3.26. The molecule has 0 aliphatic rings. The molecule has 3 rings (SSSR count). The maximum atomic E-state index is 12.4. The van der Waals surface area contributed by atoms with Crippen LogP contribution in [0.1, 0.15) is 30.2 Å². The number of amides is 1. The van der Waals surface area contributed by atoms with Gasteiger partial charge in [0.15, 0.2) is 0 Å². The molecule has 2 heterocycles. The number of nitrogens with zero attached hydrogens (tertiary/aromatic N) is 3. The summed E-state index contributed by atoms with van der Waals surface area (Å²) in [6.45, 7) is 4.13. The molecule has 0 saturated carbocycles. The Morgan fingerprint density at radius 2 is 2.05 bits per heavy atom. The zero-order valence-corrected chi connectivity index (χ0v) is 11.9. The highest BCUT2D eigenvalue weighted by molar-refractivity contribution is 6.12. The fourth-order valence-electron chi connectivity index (χ4n) is 2.32. The largest absolute Gasteiger partial charge is 0.321 e. The number of pyridine rings is 1. The molecule has 0 atom stereocenters. The van der Waals surface area contributed by atoms with Crippen molar-refractivity contribution >= 4 is 22.5 Å². The molecule has 0 fully saturated rings. The van der Waals surface area contributed by atoms with Crippen molar-refractivity contribution in [3.8, 4) is 0 Å². The fourth-order valence-corrected chi connectivity index (χ4v) is 2.32. The van der Waals surface area contributed by atoms with E-state index in [0.29, 0.717) is 11.3 Å². The zero-order chi connectivity index (χ0) is 14.8. The Kier molecular flexibility index (Phi) is 3.39. The molecule has 0 radical (unpaired) electrons. The van der Waals surface area contributed by atoms with Crippen LogP contribution in [0.2, 0.25) is 0 Å². The standard InChI is InChI=1S/C16H16N4O/c1-11(2)20-15-7-3-6-13(14(15)10-18-20)16(21)19-12-5-4-8-17-9-12/h3-11H,1-2H3,(H,19,21). The Bertz CT molecular complexity index is 777. The first-order chi connectivity index (χ1) is 10.2. The van der Waals surface area contributed by atoms with E-state index in [1.54, 1.807) is 30.7 Å². The van der Waals surface area contributed by atoms with E-state index in [4.69, 9.17) is 0 Å². The van der Waals surface area contributed by atoms with Crippen LogP contribution in [0.15, 0.2) is 48.9 Å². The molecule has 3 aromatic rings. The SMILES string of the molecule is CC(C)n1ncc2c(C(=O)Nc3cccnc3)cccc21. The van der Waals surface area contributed by atoms with Gasteiger partial charge in [-0.2, -0.15) is 5.10 Å². The van der Waals surface area contributed by atoms with Crippen molar-refractivity contribution in [2.75, 3.05) is 5.32 Å². The number of fused-ring (bicyclic) bond motifs is 1. The number of hydrogen-bond donors (Lipinski definition) is 1. The Morgan fingerprint density at radius 1 is 1.19 bits per heavy atom. The van der Waals surface area contributed by atoms with Gasteiger partial charge in [-0.25, -0.2) is 0 Å². The van der Waals surface area contributed by atoms with Gasteiger partial charge in [-0.3, -0.25) is 14.5 Å². The minimum absolute atomic E-state index is 0.156. The second kappa shape index (κ2) is 5.36. The van der Waals surface area contributed by atoms with Gasteiger partial charge in [-0.05, 0) is 38.1 Å². The number of benzene rings is 1. The molecule has 0 unspecified atom stereocenters. The third-order valence-electron chi connectivity index (χ3n) is 3.29. The number of hydrogen-bond acceptors (Lipinski definition) is 3. The van der Waals surface area contributed by atoms with Crippen molar-refractivity contribution in [2.24, 2.45) is 0 Å². The van der Waals surface area contributed by atoms with Crippen molar-refractivity contribution in [3.63, 3.8) is 0 Å². The normalized spacial score (nSPS) is 11.0. The first kappa shape index (κ1) is 13.3. The average molecular weight is 280 g/mol. The summed E-state index contributed by atoms with van der Waals surface area (Å²) in [5.41, 5.74) is 2.25. The quantitative estimate of drug-likeness (QED) is 0.801. The molecule has 0 aliphatic carbocycles. The molecule has 5 nitrogen and oxygen atoms in total. The molecule has 1 N–H and O–H groups in total. The second-order valence-corrected chi connectivity index (χ2v) is 5.12. The summed E-state index contributed by atoms with van der Waals surface area (Å²) in [6, 6.07) is 9.50. The van der Waals surface area contributed by atoms with Crippen LogP contribution in [0.4, 0.5) is 5.69 Å². The molecular weight excluding hydrogens is 264 g/mol. The van der Waals surface area contributed by atoms with Crippen LogP contribution in [-0.2, 0) is 0 Å². The number of anilines is 1. The summed E-state index contributed by atoms with van der Waals surface area (Å²) >= 11 is 0. The third kappa shape index (κ3) is 2.50. The Labute approximate surface area is 122 Å². The van der Waals surface area contributed by atoms with Crippen molar-refractivity contribution in [1.82, 2.24) is 14.8 Å². The van der Waals surface area contributed by atoms with E-state index in [1.165, 1.54) is 0 Å². The maximum Gasteiger partial charge on any atom is 0.256 e. The van der Waals surface area contributed by atoms with Gasteiger partial charge in [0.2, 0.25) is 0 Å². The maximum absolute atomic E-state index is 12.4. The van der Waals surface area contributed by atoms with Crippen LogP contribution < -0.4 is 5.32 Å². The molecule has 1 aromatic carbocycles. The third-order valence-corrected chi connectivity index (χ3v) is 3.29. The van der Waals surface area contributed by atoms with Gasteiger partial charge in [-0.1, -0.05) is 6.07 Å². The van der Waals surface area contributed by atoms with Gasteiger partial charge in [0.1, 0.15) is 0 Å². The second-order valence-electron chi connectivity index (χ2n) is 5.12. The molecular formula is C16H16N4O. The first-order valence-electron chi connectivity index (χ1n) is 6.84. The topological polar surface area (TPSA) is 59.8 Å². The van der Waals surface area contributed by atoms with Crippen LogP contribution >= 0.6 is 0 Å². The molecule has 0 bridgehead atoms. The molecule has 21 heavy (non-hydrogen) atoms. The summed E-state index contributed by atoms with van der Waals surface area (Å²) in [4.78, 5) is 16.4. The molecule has 0 spiro atoms. The smallest absolute Gasteiger partial charge is 0.256 e. The van der Waals surface area contributed by atoms with E-state index in [-0.39, 0.29) is 11.9 Å². The first-order valence-corrected chi connectivity index (χ1v) is 6.84. The number of aromatic nitrogens is 3. The number of carbonyl (C=O) groups is 1.